The molecule has 0 aliphatic heterocycles. The molecule has 1 aromatic rings. The van der Waals surface area contributed by atoms with Crippen molar-refractivity contribution in [1.29, 1.82) is 0 Å². The maximum absolute atomic E-state index is 5.42. The van der Waals surface area contributed by atoms with Gasteiger partial charge in [-0.3, -0.25) is 0 Å². The molecule has 21 heavy (non-hydrogen) atoms. The third kappa shape index (κ3) is 10.0. The van der Waals surface area contributed by atoms with Crippen molar-refractivity contribution in [3.05, 3.63) is 12.1 Å². The van der Waals surface area contributed by atoms with Gasteiger partial charge in [0.2, 0.25) is 5.88 Å². The summed E-state index contributed by atoms with van der Waals surface area (Å²) in [6, 6.07) is 3.31. The average molecular weight is 299 g/mol. The van der Waals surface area contributed by atoms with E-state index in [2.05, 4.69) is 17.1 Å². The molecule has 0 saturated carbocycles. The van der Waals surface area contributed by atoms with Crippen LogP contribution in [0, 0.1) is 0 Å². The first-order valence-electron chi connectivity index (χ1n) is 7.28. The van der Waals surface area contributed by atoms with E-state index in [1.54, 1.807) is 12.1 Å². The van der Waals surface area contributed by atoms with E-state index in [4.69, 9.17) is 24.7 Å². The number of hydrogen-bond donors (Lipinski definition) is 1. The Labute approximate surface area is 125 Å². The van der Waals surface area contributed by atoms with Crippen molar-refractivity contribution < 1.29 is 18.9 Å². The van der Waals surface area contributed by atoms with Gasteiger partial charge in [0.15, 0.2) is 0 Å². The summed E-state index contributed by atoms with van der Waals surface area (Å²) in [5.41, 5.74) is 5.42. The summed E-state index contributed by atoms with van der Waals surface area (Å²) in [4.78, 5) is 0. The van der Waals surface area contributed by atoms with E-state index in [9.17, 15) is 0 Å². The topological polar surface area (TPSA) is 88.7 Å². The third-order valence-corrected chi connectivity index (χ3v) is 2.52. The minimum absolute atomic E-state index is 0.370. The number of nitrogens with two attached hydrogens (primary N) is 1. The molecule has 0 atom stereocenters. The summed E-state index contributed by atoms with van der Waals surface area (Å²) in [5.74, 6) is 0.808. The fraction of sp³-hybridized carbons (Fsp3) is 0.714. The van der Waals surface area contributed by atoms with Crippen LogP contribution in [-0.2, 0) is 14.2 Å². The second-order valence-corrected chi connectivity index (χ2v) is 4.34. The highest BCUT2D eigenvalue weighted by Gasteiger charge is 1.96. The van der Waals surface area contributed by atoms with Crippen LogP contribution in [0.3, 0.4) is 0 Å². The Morgan fingerprint density at radius 2 is 1.48 bits per heavy atom. The van der Waals surface area contributed by atoms with Crippen molar-refractivity contribution in [2.24, 2.45) is 0 Å². The molecule has 120 valence electrons. The van der Waals surface area contributed by atoms with E-state index >= 15 is 0 Å². The molecule has 0 aliphatic rings. The van der Waals surface area contributed by atoms with Gasteiger partial charge in [0.25, 0.3) is 0 Å². The molecule has 0 spiro atoms. The second kappa shape index (κ2) is 12.3. The zero-order valence-corrected chi connectivity index (χ0v) is 12.6. The van der Waals surface area contributed by atoms with Crippen LogP contribution in [0.15, 0.2) is 12.1 Å². The predicted octanol–water partition coefficient (Wildman–Crippen LogP) is 1.29. The van der Waals surface area contributed by atoms with Crippen molar-refractivity contribution in [1.82, 2.24) is 10.2 Å². The second-order valence-electron chi connectivity index (χ2n) is 4.34. The quantitative estimate of drug-likeness (QED) is 0.549. The van der Waals surface area contributed by atoms with E-state index in [-0.39, 0.29) is 0 Å². The molecule has 0 fully saturated rings. The van der Waals surface area contributed by atoms with Gasteiger partial charge in [-0.05, 0) is 12.5 Å². The van der Waals surface area contributed by atoms with Gasteiger partial charge in [0.1, 0.15) is 12.4 Å². The van der Waals surface area contributed by atoms with E-state index in [0.717, 1.165) is 19.4 Å². The number of nitrogen functional groups attached to an aromatic ring is 1. The fourth-order valence-corrected chi connectivity index (χ4v) is 1.40. The van der Waals surface area contributed by atoms with Gasteiger partial charge < -0.3 is 24.7 Å². The molecular weight excluding hydrogens is 274 g/mol. The molecule has 0 saturated heterocycles. The van der Waals surface area contributed by atoms with Gasteiger partial charge >= 0.3 is 0 Å². The van der Waals surface area contributed by atoms with E-state index in [1.807, 2.05) is 0 Å². The summed E-state index contributed by atoms with van der Waals surface area (Å²) in [6.45, 7) is 6.16. The highest BCUT2D eigenvalue weighted by molar-refractivity contribution is 5.27. The van der Waals surface area contributed by atoms with Crippen molar-refractivity contribution >= 4 is 5.82 Å². The van der Waals surface area contributed by atoms with Crippen LogP contribution >= 0.6 is 0 Å². The Bertz CT molecular complexity index is 349. The number of aromatic nitrogens is 2. The molecule has 1 rings (SSSR count). The Morgan fingerprint density at radius 1 is 0.857 bits per heavy atom. The molecule has 7 heteroatoms. The fourth-order valence-electron chi connectivity index (χ4n) is 1.40. The van der Waals surface area contributed by atoms with Gasteiger partial charge in [-0.1, -0.05) is 13.3 Å². The van der Waals surface area contributed by atoms with Crippen molar-refractivity contribution in [3.8, 4) is 5.88 Å². The highest BCUT2D eigenvalue weighted by Crippen LogP contribution is 2.04. The number of hydrogen-bond acceptors (Lipinski definition) is 7. The first-order chi connectivity index (χ1) is 10.3. The Hall–Kier alpha value is -1.44. The van der Waals surface area contributed by atoms with Crippen molar-refractivity contribution in [2.75, 3.05) is 52.0 Å². The minimum atomic E-state index is 0.370. The van der Waals surface area contributed by atoms with Crippen molar-refractivity contribution in [2.45, 2.75) is 19.8 Å². The Morgan fingerprint density at radius 3 is 2.05 bits per heavy atom. The van der Waals surface area contributed by atoms with Crippen LogP contribution in [-0.4, -0.2) is 56.4 Å². The van der Waals surface area contributed by atoms with Crippen molar-refractivity contribution in [3.63, 3.8) is 0 Å². The number of unbranched alkanes of at least 4 members (excludes halogenated alkanes) is 1. The highest BCUT2D eigenvalue weighted by atomic mass is 16.6. The molecule has 0 unspecified atom stereocenters. The van der Waals surface area contributed by atoms with Crippen LogP contribution in [0.4, 0.5) is 5.82 Å². The number of rotatable bonds is 13. The van der Waals surface area contributed by atoms with Gasteiger partial charge in [-0.25, -0.2) is 0 Å². The average Bonchev–Trinajstić information content (AvgIpc) is 2.50. The van der Waals surface area contributed by atoms with E-state index in [1.165, 1.54) is 0 Å². The maximum atomic E-state index is 5.42. The molecule has 0 amide bonds. The first kappa shape index (κ1) is 17.6. The molecular formula is C14H25N3O4. The van der Waals surface area contributed by atoms with E-state index < -0.39 is 0 Å². The normalized spacial score (nSPS) is 10.7. The molecule has 0 aliphatic carbocycles. The maximum Gasteiger partial charge on any atom is 0.233 e. The van der Waals surface area contributed by atoms with Crippen LogP contribution in [0.2, 0.25) is 0 Å². The molecule has 0 radical (unpaired) electrons. The summed E-state index contributed by atoms with van der Waals surface area (Å²) in [7, 11) is 0. The monoisotopic (exact) mass is 299 g/mol. The molecule has 2 N–H and O–H groups in total. The van der Waals surface area contributed by atoms with Gasteiger partial charge in [0.05, 0.1) is 33.0 Å². The lowest BCUT2D eigenvalue weighted by Gasteiger charge is -2.07. The minimum Gasteiger partial charge on any atom is -0.474 e. The lowest BCUT2D eigenvalue weighted by molar-refractivity contribution is 0.00867. The standard InChI is InChI=1S/C14H25N3O4/c1-2-3-6-18-7-8-19-9-10-20-11-12-21-14-5-4-13(15)16-17-14/h4-5H,2-3,6-12H2,1H3,(H2,15,16). The molecule has 0 bridgehead atoms. The summed E-state index contributed by atoms with van der Waals surface area (Å²) >= 11 is 0. The van der Waals surface area contributed by atoms with Gasteiger partial charge in [0, 0.05) is 12.7 Å². The summed E-state index contributed by atoms with van der Waals surface area (Å²) in [6.07, 6.45) is 2.25. The predicted molar refractivity (Wildman–Crippen MR) is 79.3 cm³/mol. The Kier molecular flexibility index (Phi) is 10.3. The van der Waals surface area contributed by atoms with Crippen LogP contribution < -0.4 is 10.5 Å². The largest absolute Gasteiger partial charge is 0.474 e. The summed E-state index contributed by atoms with van der Waals surface area (Å²) < 4.78 is 21.4. The number of ether oxygens (including phenoxy) is 4. The molecule has 7 nitrogen and oxygen atoms in total. The number of nitrogens with zero attached hydrogens (tertiary/aromatic N) is 2. The first-order valence-corrected chi connectivity index (χ1v) is 7.28. The molecule has 0 aromatic carbocycles. The third-order valence-electron chi connectivity index (χ3n) is 2.52. The van der Waals surface area contributed by atoms with Gasteiger partial charge in [-0.2, -0.15) is 0 Å². The lowest BCUT2D eigenvalue weighted by atomic mass is 10.4. The molecule has 1 aromatic heterocycles. The van der Waals surface area contributed by atoms with Crippen LogP contribution in [0.25, 0.3) is 0 Å². The summed E-state index contributed by atoms with van der Waals surface area (Å²) in [5, 5.41) is 7.46. The van der Waals surface area contributed by atoms with Crippen LogP contribution in [0.1, 0.15) is 19.8 Å². The lowest BCUT2D eigenvalue weighted by Crippen LogP contribution is -2.13. The number of anilines is 1. The van der Waals surface area contributed by atoms with Gasteiger partial charge in [-0.15, -0.1) is 10.2 Å². The Balaban J connectivity index is 1.81. The smallest absolute Gasteiger partial charge is 0.233 e. The zero-order valence-electron chi connectivity index (χ0n) is 12.6. The SMILES string of the molecule is CCCCOCCOCCOCCOc1ccc(N)nn1. The zero-order chi connectivity index (χ0) is 15.2. The van der Waals surface area contributed by atoms with E-state index in [0.29, 0.717) is 51.3 Å². The van der Waals surface area contributed by atoms with Crippen LogP contribution in [0.5, 0.6) is 5.88 Å². The molecule has 1 heterocycles.